The second-order valence-corrected chi connectivity index (χ2v) is 5.02. The fourth-order valence-corrected chi connectivity index (χ4v) is 1.33. The first-order valence-corrected chi connectivity index (χ1v) is 6.16. The summed E-state index contributed by atoms with van der Waals surface area (Å²) in [5.74, 6) is -1.87. The average molecular weight is 305 g/mol. The number of aliphatic carboxylic acids is 1. The lowest BCUT2D eigenvalue weighted by Crippen LogP contribution is -2.45. The standard InChI is InChI=1S/C11H19N3O5S/c1-11(2,3)19-10(18)13-14(4)7(6-20)9(17)12-5-8(15)16/h6,20H,5H2,1-4H3,(H,12,17)(H,13,18)(H,15,16)/b7-6-. The van der Waals surface area contributed by atoms with E-state index in [-0.39, 0.29) is 5.70 Å². The van der Waals surface area contributed by atoms with Gasteiger partial charge in [0.05, 0.1) is 0 Å². The van der Waals surface area contributed by atoms with Gasteiger partial charge in [-0.1, -0.05) is 0 Å². The summed E-state index contributed by atoms with van der Waals surface area (Å²) in [5, 5.41) is 12.8. The van der Waals surface area contributed by atoms with E-state index in [1.54, 1.807) is 20.8 Å². The van der Waals surface area contributed by atoms with Crippen molar-refractivity contribution in [2.75, 3.05) is 13.6 Å². The monoisotopic (exact) mass is 305 g/mol. The predicted octanol–water partition coefficient (Wildman–Crippen LogP) is 0.330. The van der Waals surface area contributed by atoms with Crippen LogP contribution in [0.2, 0.25) is 0 Å². The number of nitrogens with zero attached hydrogens (tertiary/aromatic N) is 1. The van der Waals surface area contributed by atoms with Crippen LogP contribution in [0.5, 0.6) is 0 Å². The molecule has 0 aliphatic carbocycles. The highest BCUT2D eigenvalue weighted by Crippen LogP contribution is 2.07. The molecule has 20 heavy (non-hydrogen) atoms. The molecule has 0 aromatic rings. The van der Waals surface area contributed by atoms with Crippen molar-refractivity contribution >= 4 is 30.6 Å². The molecule has 0 heterocycles. The minimum absolute atomic E-state index is 0.0413. The number of thiol groups is 1. The molecule has 114 valence electrons. The van der Waals surface area contributed by atoms with Gasteiger partial charge in [0.2, 0.25) is 0 Å². The Morgan fingerprint density at radius 1 is 1.35 bits per heavy atom. The SMILES string of the molecule is CN(NC(=O)OC(C)(C)C)/C(=C\S)C(=O)NCC(=O)O. The number of hydrazine groups is 1. The molecular weight excluding hydrogens is 286 g/mol. The van der Waals surface area contributed by atoms with Gasteiger partial charge < -0.3 is 15.2 Å². The molecule has 9 heteroatoms. The molecule has 8 nitrogen and oxygen atoms in total. The van der Waals surface area contributed by atoms with Crippen LogP contribution in [0.15, 0.2) is 11.1 Å². The van der Waals surface area contributed by atoms with Gasteiger partial charge in [-0.3, -0.25) is 14.6 Å². The number of carbonyl (C=O) groups excluding carboxylic acids is 2. The Morgan fingerprint density at radius 2 is 1.90 bits per heavy atom. The molecule has 3 N–H and O–H groups in total. The number of rotatable bonds is 5. The van der Waals surface area contributed by atoms with Crippen molar-refractivity contribution in [1.82, 2.24) is 15.8 Å². The van der Waals surface area contributed by atoms with Crippen molar-refractivity contribution in [2.45, 2.75) is 26.4 Å². The van der Waals surface area contributed by atoms with E-state index < -0.39 is 30.1 Å². The largest absolute Gasteiger partial charge is 0.480 e. The second kappa shape index (κ2) is 7.63. The smallest absolute Gasteiger partial charge is 0.426 e. The lowest BCUT2D eigenvalue weighted by Gasteiger charge is -2.25. The highest BCUT2D eigenvalue weighted by Gasteiger charge is 2.20. The van der Waals surface area contributed by atoms with Crippen molar-refractivity contribution in [3.8, 4) is 0 Å². The van der Waals surface area contributed by atoms with Crippen LogP contribution in [-0.4, -0.2) is 47.3 Å². The molecule has 0 bridgehead atoms. The van der Waals surface area contributed by atoms with Crippen molar-refractivity contribution in [1.29, 1.82) is 0 Å². The Hall–Kier alpha value is -1.90. The number of carbonyl (C=O) groups is 3. The third-order valence-corrected chi connectivity index (χ3v) is 2.02. The number of carboxylic acid groups (broad SMARTS) is 1. The summed E-state index contributed by atoms with van der Waals surface area (Å²) in [6.07, 6.45) is -0.751. The number of nitrogens with one attached hydrogen (secondary N) is 2. The molecule has 2 amide bonds. The van der Waals surface area contributed by atoms with Gasteiger partial charge in [0.1, 0.15) is 17.8 Å². The van der Waals surface area contributed by atoms with Crippen LogP contribution in [0.4, 0.5) is 4.79 Å². The molecule has 0 aromatic carbocycles. The van der Waals surface area contributed by atoms with E-state index in [0.29, 0.717) is 0 Å². The number of hydrogen-bond acceptors (Lipinski definition) is 6. The molecule has 0 atom stereocenters. The fourth-order valence-electron chi connectivity index (χ4n) is 1.04. The van der Waals surface area contributed by atoms with Gasteiger partial charge in [-0.25, -0.2) is 10.2 Å². The maximum atomic E-state index is 11.7. The summed E-state index contributed by atoms with van der Waals surface area (Å²) in [6.45, 7) is 4.55. The summed E-state index contributed by atoms with van der Waals surface area (Å²) in [4.78, 5) is 33.5. The zero-order valence-corrected chi connectivity index (χ0v) is 12.7. The van der Waals surface area contributed by atoms with E-state index in [1.165, 1.54) is 7.05 Å². The minimum atomic E-state index is -1.18. The highest BCUT2D eigenvalue weighted by atomic mass is 32.1. The Bertz CT molecular complexity index is 417. The van der Waals surface area contributed by atoms with Crippen molar-refractivity contribution in [3.05, 3.63) is 11.1 Å². The zero-order valence-electron chi connectivity index (χ0n) is 11.8. The van der Waals surface area contributed by atoms with Gasteiger partial charge in [-0.05, 0) is 26.2 Å². The summed E-state index contributed by atoms with van der Waals surface area (Å²) in [5.41, 5.74) is 1.58. The predicted molar refractivity (Wildman–Crippen MR) is 74.8 cm³/mol. The van der Waals surface area contributed by atoms with Crippen molar-refractivity contribution in [3.63, 3.8) is 0 Å². The normalized spacial score (nSPS) is 11.6. The molecule has 0 unspecified atom stereocenters. The number of carboxylic acids is 1. The molecule has 0 saturated heterocycles. The molecule has 0 radical (unpaired) electrons. The van der Waals surface area contributed by atoms with Gasteiger partial charge in [-0.2, -0.15) is 0 Å². The van der Waals surface area contributed by atoms with Gasteiger partial charge in [0.15, 0.2) is 0 Å². The first-order valence-electron chi connectivity index (χ1n) is 5.64. The maximum absolute atomic E-state index is 11.7. The molecule has 0 saturated carbocycles. The van der Waals surface area contributed by atoms with Gasteiger partial charge in [0.25, 0.3) is 5.91 Å². The third kappa shape index (κ3) is 7.52. The average Bonchev–Trinajstić information content (AvgIpc) is 2.24. The second-order valence-electron chi connectivity index (χ2n) is 4.76. The van der Waals surface area contributed by atoms with Crippen LogP contribution in [-0.2, 0) is 14.3 Å². The molecule has 0 fully saturated rings. The first kappa shape index (κ1) is 18.1. The molecule has 0 aliphatic heterocycles. The van der Waals surface area contributed by atoms with Crippen LogP contribution in [0.25, 0.3) is 0 Å². The fraction of sp³-hybridized carbons (Fsp3) is 0.545. The third-order valence-electron chi connectivity index (χ3n) is 1.77. The Kier molecular flexibility index (Phi) is 6.91. The number of likely N-dealkylation sites (N-methyl/N-ethyl adjacent to an activating group) is 1. The maximum Gasteiger partial charge on any atom is 0.426 e. The van der Waals surface area contributed by atoms with Gasteiger partial charge in [-0.15, -0.1) is 12.6 Å². The molecule has 0 aromatic heterocycles. The summed E-state index contributed by atoms with van der Waals surface area (Å²) in [7, 11) is 1.40. The van der Waals surface area contributed by atoms with E-state index >= 15 is 0 Å². The number of hydrogen-bond donors (Lipinski definition) is 4. The zero-order chi connectivity index (χ0) is 15.9. The lowest BCUT2D eigenvalue weighted by molar-refractivity contribution is -0.137. The van der Waals surface area contributed by atoms with Crippen LogP contribution in [0.1, 0.15) is 20.8 Å². The van der Waals surface area contributed by atoms with E-state index in [1.807, 2.05) is 0 Å². The van der Waals surface area contributed by atoms with Crippen LogP contribution >= 0.6 is 12.6 Å². The van der Waals surface area contributed by atoms with E-state index in [0.717, 1.165) is 10.4 Å². The van der Waals surface area contributed by atoms with Crippen molar-refractivity contribution < 1.29 is 24.2 Å². The van der Waals surface area contributed by atoms with E-state index in [9.17, 15) is 14.4 Å². The van der Waals surface area contributed by atoms with Crippen LogP contribution in [0.3, 0.4) is 0 Å². The number of amides is 2. The highest BCUT2D eigenvalue weighted by molar-refractivity contribution is 7.83. The summed E-state index contributed by atoms with van der Waals surface area (Å²) < 4.78 is 5.01. The van der Waals surface area contributed by atoms with Gasteiger partial charge >= 0.3 is 12.1 Å². The molecule has 0 spiro atoms. The van der Waals surface area contributed by atoms with Crippen molar-refractivity contribution in [2.24, 2.45) is 0 Å². The number of ether oxygens (including phenoxy) is 1. The molecule has 0 rings (SSSR count). The van der Waals surface area contributed by atoms with Crippen LogP contribution in [0, 0.1) is 0 Å². The topological polar surface area (TPSA) is 108 Å². The first-order chi connectivity index (χ1) is 9.06. The molecule has 0 aliphatic rings. The summed E-state index contributed by atoms with van der Waals surface area (Å²) >= 11 is 3.84. The van der Waals surface area contributed by atoms with Gasteiger partial charge in [0, 0.05) is 7.05 Å². The van der Waals surface area contributed by atoms with E-state index in [2.05, 4.69) is 23.4 Å². The molecular formula is C11H19N3O5S. The summed E-state index contributed by atoms with van der Waals surface area (Å²) in [6, 6.07) is 0. The van der Waals surface area contributed by atoms with E-state index in [4.69, 9.17) is 9.84 Å². The quantitative estimate of drug-likeness (QED) is 0.331. The lowest BCUT2D eigenvalue weighted by atomic mass is 10.2. The minimum Gasteiger partial charge on any atom is -0.480 e. The Labute approximate surface area is 122 Å². The Morgan fingerprint density at radius 3 is 2.30 bits per heavy atom. The Balaban J connectivity index is 4.56. The van der Waals surface area contributed by atoms with Crippen LogP contribution < -0.4 is 10.7 Å².